The van der Waals surface area contributed by atoms with E-state index in [9.17, 15) is 23.9 Å². The summed E-state index contributed by atoms with van der Waals surface area (Å²) in [6.07, 6.45) is 2.34. The third-order valence-corrected chi connectivity index (χ3v) is 11.4. The number of halogens is 2. The minimum atomic E-state index is -1.56. The number of allylic oxidation sites excluding steroid dienone is 2. The Hall–Kier alpha value is -5.28. The van der Waals surface area contributed by atoms with Crippen molar-refractivity contribution in [3.05, 3.63) is 142 Å². The number of aromatic hydroxyl groups is 1. The van der Waals surface area contributed by atoms with Crippen molar-refractivity contribution < 1.29 is 28.7 Å². The lowest BCUT2D eigenvalue weighted by atomic mass is 9.49. The molecule has 2 aliphatic carbocycles. The molecular formula is C40H33ClFN3O5. The van der Waals surface area contributed by atoms with Crippen molar-refractivity contribution in [3.63, 3.8) is 0 Å². The third kappa shape index (κ3) is 4.70. The topological polar surface area (TPSA) is 107 Å². The number of fused-ring (bicyclic) bond motifs is 4. The number of hydrazine groups is 1. The summed E-state index contributed by atoms with van der Waals surface area (Å²) < 4.78 is 13.8. The largest absolute Gasteiger partial charge is 0.507 e. The van der Waals surface area contributed by atoms with E-state index in [4.69, 9.17) is 11.6 Å². The van der Waals surface area contributed by atoms with Gasteiger partial charge in [-0.2, -0.15) is 5.01 Å². The number of imide groups is 2. The number of phenolic OH excluding ortho intramolecular Hbond substituents is 1. The van der Waals surface area contributed by atoms with Crippen molar-refractivity contribution in [1.29, 1.82) is 0 Å². The summed E-state index contributed by atoms with van der Waals surface area (Å²) in [5.74, 6) is -5.92. The second-order valence-corrected chi connectivity index (χ2v) is 14.1. The van der Waals surface area contributed by atoms with Crippen LogP contribution in [0.4, 0.5) is 10.1 Å². The standard InChI is InChI=1S/C40H33ClFN3O5/c1-22-6-5-9-30(35(22)46)34-28-18-19-29-33(38(49)44(36(29)47)21-23-7-3-2-4-8-23)31(28)20-32-37(48)45(43-27-16-14-26(42)15-17-27)39(50)40(32,34)24-10-12-25(41)13-11-24/h2-18,29,31-34,43,46H,19-21H2,1H3. The molecule has 4 amide bonds. The number of carbonyl (C=O) groups excluding carboxylic acids is 4. The molecule has 0 aromatic heterocycles. The van der Waals surface area contributed by atoms with Crippen LogP contribution in [0.2, 0.25) is 5.02 Å². The molecule has 10 heteroatoms. The van der Waals surface area contributed by atoms with Crippen LogP contribution in [0, 0.1) is 36.4 Å². The number of likely N-dealkylation sites (tertiary alicyclic amines) is 1. The van der Waals surface area contributed by atoms with Crippen molar-refractivity contribution in [2.75, 3.05) is 5.43 Å². The Kier molecular flexibility index (Phi) is 7.64. The van der Waals surface area contributed by atoms with Crippen LogP contribution in [-0.4, -0.2) is 38.6 Å². The SMILES string of the molecule is Cc1cccc(C2C3=CCC4C(=O)N(Cc5ccccc5)C(=O)C4C3CC3C(=O)N(Nc4ccc(F)cc4)C(=O)C32c2ccc(Cl)cc2)c1O. The zero-order chi connectivity index (χ0) is 34.9. The fraction of sp³-hybridized carbons (Fsp3) is 0.250. The van der Waals surface area contributed by atoms with Crippen molar-refractivity contribution in [1.82, 2.24) is 9.91 Å². The molecule has 6 unspecified atom stereocenters. The molecule has 3 fully saturated rings. The highest BCUT2D eigenvalue weighted by atomic mass is 35.5. The molecule has 4 aromatic carbocycles. The van der Waals surface area contributed by atoms with E-state index in [1.54, 1.807) is 49.4 Å². The summed E-state index contributed by atoms with van der Waals surface area (Å²) in [5, 5.41) is 13.1. The maximum Gasteiger partial charge on any atom is 0.260 e. The number of benzene rings is 4. The van der Waals surface area contributed by atoms with Crippen molar-refractivity contribution in [3.8, 4) is 5.75 Å². The number of amides is 4. The lowest BCUT2D eigenvalue weighted by molar-refractivity contribution is -0.142. The van der Waals surface area contributed by atoms with Crippen LogP contribution < -0.4 is 5.43 Å². The maximum atomic E-state index is 15.2. The van der Waals surface area contributed by atoms with E-state index < -0.39 is 52.6 Å². The van der Waals surface area contributed by atoms with Gasteiger partial charge < -0.3 is 5.11 Å². The molecule has 6 atom stereocenters. The third-order valence-electron chi connectivity index (χ3n) is 11.1. The Morgan fingerprint density at radius 1 is 0.860 bits per heavy atom. The van der Waals surface area contributed by atoms with Crippen LogP contribution in [0.15, 0.2) is 109 Å². The lowest BCUT2D eigenvalue weighted by Crippen LogP contribution is -2.53. The van der Waals surface area contributed by atoms with Gasteiger partial charge in [-0.3, -0.25) is 29.5 Å². The maximum absolute atomic E-state index is 15.2. The van der Waals surface area contributed by atoms with Gasteiger partial charge >= 0.3 is 0 Å². The number of para-hydroxylation sites is 1. The van der Waals surface area contributed by atoms with Gasteiger partial charge in [-0.25, -0.2) is 4.39 Å². The van der Waals surface area contributed by atoms with Gasteiger partial charge in [0, 0.05) is 16.5 Å². The van der Waals surface area contributed by atoms with Crippen LogP contribution in [0.3, 0.4) is 0 Å². The number of nitrogens with one attached hydrogen (secondary N) is 1. The van der Waals surface area contributed by atoms with Gasteiger partial charge in [-0.15, -0.1) is 0 Å². The predicted molar refractivity (Wildman–Crippen MR) is 184 cm³/mol. The fourth-order valence-electron chi connectivity index (χ4n) is 8.90. The van der Waals surface area contributed by atoms with Crippen LogP contribution in [-0.2, 0) is 31.1 Å². The number of anilines is 1. The lowest BCUT2D eigenvalue weighted by Gasteiger charge is -2.50. The summed E-state index contributed by atoms with van der Waals surface area (Å²) in [4.78, 5) is 59.4. The molecule has 2 aliphatic heterocycles. The van der Waals surface area contributed by atoms with Gasteiger partial charge in [0.15, 0.2) is 0 Å². The average molecular weight is 690 g/mol. The molecule has 8 rings (SSSR count). The number of rotatable bonds is 6. The molecule has 252 valence electrons. The number of hydrogen-bond acceptors (Lipinski definition) is 6. The normalized spacial score (nSPS) is 27.2. The molecule has 2 saturated heterocycles. The monoisotopic (exact) mass is 689 g/mol. The molecule has 50 heavy (non-hydrogen) atoms. The zero-order valence-electron chi connectivity index (χ0n) is 27.1. The Bertz CT molecular complexity index is 2090. The van der Waals surface area contributed by atoms with Crippen LogP contribution in [0.1, 0.15) is 41.0 Å². The summed E-state index contributed by atoms with van der Waals surface area (Å²) >= 11 is 6.35. The first kappa shape index (κ1) is 32.0. The number of aryl methyl sites for hydroxylation is 1. The first-order valence-corrected chi connectivity index (χ1v) is 17.0. The Balaban J connectivity index is 1.31. The van der Waals surface area contributed by atoms with Gasteiger partial charge in [0.05, 0.1) is 35.4 Å². The molecule has 4 aromatic rings. The minimum Gasteiger partial charge on any atom is -0.507 e. The Labute approximate surface area is 293 Å². The minimum absolute atomic E-state index is 0.0158. The second-order valence-electron chi connectivity index (χ2n) is 13.6. The van der Waals surface area contributed by atoms with Crippen LogP contribution in [0.25, 0.3) is 0 Å². The predicted octanol–water partition coefficient (Wildman–Crippen LogP) is 6.68. The summed E-state index contributed by atoms with van der Waals surface area (Å²) in [6.45, 7) is 1.90. The average Bonchev–Trinajstić information content (AvgIpc) is 3.48. The van der Waals surface area contributed by atoms with Crippen molar-refractivity contribution >= 4 is 40.9 Å². The molecular weight excluding hydrogens is 657 g/mol. The first-order valence-electron chi connectivity index (χ1n) is 16.7. The van der Waals surface area contributed by atoms with E-state index >= 15 is 4.79 Å². The van der Waals surface area contributed by atoms with Gasteiger partial charge in [0.2, 0.25) is 11.8 Å². The molecule has 2 N–H and O–H groups in total. The van der Waals surface area contributed by atoms with Crippen molar-refractivity contribution in [2.45, 2.75) is 37.6 Å². The van der Waals surface area contributed by atoms with Gasteiger partial charge in [0.1, 0.15) is 11.6 Å². The highest BCUT2D eigenvalue weighted by Gasteiger charge is 2.70. The molecule has 8 nitrogen and oxygen atoms in total. The smallest absolute Gasteiger partial charge is 0.260 e. The zero-order valence-corrected chi connectivity index (χ0v) is 27.8. The summed E-state index contributed by atoms with van der Waals surface area (Å²) in [7, 11) is 0. The van der Waals surface area contributed by atoms with Gasteiger partial charge in [0.25, 0.3) is 11.8 Å². The Morgan fingerprint density at radius 2 is 1.58 bits per heavy atom. The van der Waals surface area contributed by atoms with E-state index in [1.807, 2.05) is 36.4 Å². The van der Waals surface area contributed by atoms with E-state index in [2.05, 4.69) is 5.43 Å². The van der Waals surface area contributed by atoms with E-state index in [1.165, 1.54) is 29.2 Å². The molecule has 2 heterocycles. The Morgan fingerprint density at radius 3 is 2.30 bits per heavy atom. The molecule has 4 aliphatic rings. The number of carbonyl (C=O) groups is 4. The second kappa shape index (κ2) is 11.9. The summed E-state index contributed by atoms with van der Waals surface area (Å²) in [6, 6.07) is 26.8. The first-order chi connectivity index (χ1) is 24.1. The van der Waals surface area contributed by atoms with Crippen molar-refractivity contribution in [2.24, 2.45) is 23.7 Å². The number of nitrogens with zero attached hydrogens (tertiary/aromatic N) is 2. The van der Waals surface area contributed by atoms with Gasteiger partial charge in [-0.1, -0.05) is 83.9 Å². The van der Waals surface area contributed by atoms with E-state index in [0.29, 0.717) is 27.4 Å². The molecule has 0 bridgehead atoms. The molecule has 0 radical (unpaired) electrons. The quantitative estimate of drug-likeness (QED) is 0.173. The molecule has 1 saturated carbocycles. The summed E-state index contributed by atoms with van der Waals surface area (Å²) in [5.41, 5.74) is 4.83. The number of phenols is 1. The van der Waals surface area contributed by atoms with Gasteiger partial charge in [-0.05, 0) is 78.8 Å². The van der Waals surface area contributed by atoms with E-state index in [-0.39, 0.29) is 37.0 Å². The molecule has 0 spiro atoms. The number of hydrogen-bond donors (Lipinski definition) is 2. The highest BCUT2D eigenvalue weighted by Crippen LogP contribution is 2.65. The highest BCUT2D eigenvalue weighted by molar-refractivity contribution is 6.30. The van der Waals surface area contributed by atoms with Crippen LogP contribution >= 0.6 is 11.6 Å². The fourth-order valence-corrected chi connectivity index (χ4v) is 9.03. The van der Waals surface area contributed by atoms with Crippen LogP contribution in [0.5, 0.6) is 5.75 Å². The van der Waals surface area contributed by atoms with E-state index in [0.717, 1.165) is 16.1 Å².